The molecule has 1 aromatic rings. The second-order valence-electron chi connectivity index (χ2n) is 6.95. The van der Waals surface area contributed by atoms with Crippen molar-refractivity contribution in [2.24, 2.45) is 5.92 Å². The van der Waals surface area contributed by atoms with Crippen LogP contribution in [0.3, 0.4) is 0 Å². The number of aromatic amines is 1. The first-order valence-electron chi connectivity index (χ1n) is 10.2. The van der Waals surface area contributed by atoms with Crippen molar-refractivity contribution in [3.63, 3.8) is 0 Å². The molecule has 6 N–H and O–H groups in total. The van der Waals surface area contributed by atoms with Crippen LogP contribution >= 0.6 is 0 Å². The lowest BCUT2D eigenvalue weighted by Crippen LogP contribution is -2.30. The van der Waals surface area contributed by atoms with Crippen molar-refractivity contribution in [3.8, 4) is 0 Å². The van der Waals surface area contributed by atoms with Gasteiger partial charge in [0.05, 0.1) is 18.6 Å². The van der Waals surface area contributed by atoms with Crippen LogP contribution in [-0.2, 0) is 30.3 Å². The highest BCUT2D eigenvalue weighted by atomic mass is 16.5. The molecule has 2 atom stereocenters. The van der Waals surface area contributed by atoms with Crippen LogP contribution in [0, 0.1) is 5.92 Å². The van der Waals surface area contributed by atoms with Gasteiger partial charge in [0.15, 0.2) is 0 Å². The highest BCUT2D eigenvalue weighted by molar-refractivity contribution is 5.90. The molecule has 12 nitrogen and oxygen atoms in total. The third-order valence-corrected chi connectivity index (χ3v) is 4.07. The SMILES string of the molecule is CCCC(C)CNCC1OCCc2[nH]cnc21.O=C(O)/C=C/C(=O)O.O=C(O)/C=C/C(=O)O. The fourth-order valence-corrected chi connectivity index (χ4v) is 2.69. The molecule has 33 heavy (non-hydrogen) atoms. The van der Waals surface area contributed by atoms with Gasteiger partial charge < -0.3 is 35.5 Å². The molecule has 1 aromatic heterocycles. The van der Waals surface area contributed by atoms with Crippen molar-refractivity contribution in [2.75, 3.05) is 19.7 Å². The van der Waals surface area contributed by atoms with Gasteiger partial charge in [0, 0.05) is 43.0 Å². The summed E-state index contributed by atoms with van der Waals surface area (Å²) in [4.78, 5) is 45.8. The van der Waals surface area contributed by atoms with E-state index in [2.05, 4.69) is 29.1 Å². The summed E-state index contributed by atoms with van der Waals surface area (Å²) in [6.07, 6.45) is 7.62. The van der Waals surface area contributed by atoms with Crippen LogP contribution in [0.5, 0.6) is 0 Å². The van der Waals surface area contributed by atoms with E-state index in [-0.39, 0.29) is 6.10 Å². The van der Waals surface area contributed by atoms with Crippen LogP contribution < -0.4 is 5.32 Å². The zero-order valence-electron chi connectivity index (χ0n) is 18.6. The highest BCUT2D eigenvalue weighted by Gasteiger charge is 2.22. The third-order valence-electron chi connectivity index (χ3n) is 4.07. The van der Waals surface area contributed by atoms with Crippen LogP contribution in [0.2, 0.25) is 0 Å². The number of ether oxygens (including phenoxy) is 1. The largest absolute Gasteiger partial charge is 0.478 e. The van der Waals surface area contributed by atoms with Gasteiger partial charge in [-0.2, -0.15) is 0 Å². The van der Waals surface area contributed by atoms with Gasteiger partial charge >= 0.3 is 23.9 Å². The molecule has 1 aliphatic heterocycles. The second-order valence-corrected chi connectivity index (χ2v) is 6.95. The summed E-state index contributed by atoms with van der Waals surface area (Å²) in [5.74, 6) is -4.29. The first-order valence-corrected chi connectivity index (χ1v) is 10.2. The lowest BCUT2D eigenvalue weighted by Gasteiger charge is -2.23. The van der Waals surface area contributed by atoms with Crippen molar-refractivity contribution in [3.05, 3.63) is 42.0 Å². The molecule has 0 aliphatic carbocycles. The standard InChI is InChI=1S/C13H23N3O.2C4H4O4/c1-3-4-10(2)7-14-8-12-13-11(5-6-17-12)15-9-16-13;2*5-3(6)1-2-4(7)8/h9-10,12,14H,3-8H2,1-2H3,(H,15,16);2*1-2H,(H,5,6)(H,7,8)/b;2*2-1+. The number of hydrogen-bond donors (Lipinski definition) is 6. The molecule has 184 valence electrons. The summed E-state index contributed by atoms with van der Waals surface area (Å²) in [6, 6.07) is 0. The molecule has 1 aliphatic rings. The van der Waals surface area contributed by atoms with E-state index in [1.165, 1.54) is 18.5 Å². The molecule has 0 fully saturated rings. The van der Waals surface area contributed by atoms with E-state index in [0.29, 0.717) is 24.3 Å². The molecule has 0 aromatic carbocycles. The molecule has 0 saturated carbocycles. The molecule has 2 heterocycles. The number of nitrogens with zero attached hydrogens (tertiary/aromatic N) is 1. The van der Waals surface area contributed by atoms with Crippen molar-refractivity contribution < 1.29 is 44.3 Å². The topological polar surface area (TPSA) is 199 Å². The van der Waals surface area contributed by atoms with Crippen molar-refractivity contribution in [1.29, 1.82) is 0 Å². The van der Waals surface area contributed by atoms with Crippen molar-refractivity contribution in [1.82, 2.24) is 15.3 Å². The Labute approximate surface area is 191 Å². The van der Waals surface area contributed by atoms with E-state index >= 15 is 0 Å². The van der Waals surface area contributed by atoms with Gasteiger partial charge in [-0.3, -0.25) is 0 Å². The molecule has 0 spiro atoms. The molecule has 12 heteroatoms. The predicted molar refractivity (Wildman–Crippen MR) is 117 cm³/mol. The summed E-state index contributed by atoms with van der Waals surface area (Å²) < 4.78 is 5.76. The van der Waals surface area contributed by atoms with Gasteiger partial charge in [0.1, 0.15) is 6.10 Å². The quantitative estimate of drug-likeness (QED) is 0.271. The molecule has 2 unspecified atom stereocenters. The van der Waals surface area contributed by atoms with Gasteiger partial charge in [-0.25, -0.2) is 24.2 Å². The number of fused-ring (bicyclic) bond motifs is 1. The van der Waals surface area contributed by atoms with E-state index in [1.54, 1.807) is 6.33 Å². The molecule has 0 amide bonds. The number of hydrogen-bond acceptors (Lipinski definition) is 7. The Morgan fingerprint density at radius 3 is 2.06 bits per heavy atom. The number of nitrogens with one attached hydrogen (secondary N) is 2. The summed E-state index contributed by atoms with van der Waals surface area (Å²) >= 11 is 0. The first kappa shape index (κ1) is 29.5. The number of carboxylic acids is 4. The molecule has 0 bridgehead atoms. The van der Waals surface area contributed by atoms with Gasteiger partial charge in [0.25, 0.3) is 0 Å². The van der Waals surface area contributed by atoms with Crippen LogP contribution in [0.4, 0.5) is 0 Å². The maximum absolute atomic E-state index is 9.55. The average Bonchev–Trinajstić information content (AvgIpc) is 3.22. The van der Waals surface area contributed by atoms with Crippen LogP contribution in [0.1, 0.15) is 44.2 Å². The number of carbonyl (C=O) groups is 4. The van der Waals surface area contributed by atoms with Gasteiger partial charge in [-0.1, -0.05) is 20.3 Å². The summed E-state index contributed by atoms with van der Waals surface area (Å²) in [7, 11) is 0. The van der Waals surface area contributed by atoms with Crippen molar-refractivity contribution >= 4 is 23.9 Å². The fourth-order valence-electron chi connectivity index (χ4n) is 2.69. The fraction of sp³-hybridized carbons (Fsp3) is 0.476. The zero-order valence-corrected chi connectivity index (χ0v) is 18.6. The highest BCUT2D eigenvalue weighted by Crippen LogP contribution is 2.23. The minimum atomic E-state index is -1.26. The maximum Gasteiger partial charge on any atom is 0.328 e. The van der Waals surface area contributed by atoms with Gasteiger partial charge in [-0.05, 0) is 18.9 Å². The minimum Gasteiger partial charge on any atom is -0.478 e. The Hall–Kier alpha value is -3.51. The summed E-state index contributed by atoms with van der Waals surface area (Å²) in [6.45, 7) is 7.25. The van der Waals surface area contributed by atoms with Crippen LogP contribution in [-0.4, -0.2) is 74.0 Å². The Morgan fingerprint density at radius 2 is 1.61 bits per heavy atom. The molecule has 0 saturated heterocycles. The lowest BCUT2D eigenvalue weighted by atomic mass is 10.1. The molecule has 0 radical (unpaired) electrons. The van der Waals surface area contributed by atoms with Gasteiger partial charge in [-0.15, -0.1) is 0 Å². The van der Waals surface area contributed by atoms with Gasteiger partial charge in [0.2, 0.25) is 0 Å². The molecular weight excluding hydrogens is 438 g/mol. The Kier molecular flexibility index (Phi) is 15.3. The average molecular weight is 469 g/mol. The number of imidazole rings is 1. The number of rotatable bonds is 10. The maximum atomic E-state index is 9.55. The third kappa shape index (κ3) is 15.9. The number of aliphatic carboxylic acids is 4. The summed E-state index contributed by atoms with van der Waals surface area (Å²) in [5.41, 5.74) is 2.33. The number of carboxylic acid groups (broad SMARTS) is 4. The Balaban J connectivity index is 0.000000539. The zero-order chi connectivity index (χ0) is 25.2. The Morgan fingerprint density at radius 1 is 1.09 bits per heavy atom. The monoisotopic (exact) mass is 469 g/mol. The Bertz CT molecular complexity index is 752. The number of aromatic nitrogens is 2. The second kappa shape index (κ2) is 17.1. The predicted octanol–water partition coefficient (Wildman–Crippen LogP) is 1.47. The minimum absolute atomic E-state index is 0.124. The van der Waals surface area contributed by atoms with E-state index < -0.39 is 23.9 Å². The van der Waals surface area contributed by atoms with Crippen molar-refractivity contribution in [2.45, 2.75) is 39.2 Å². The van der Waals surface area contributed by atoms with E-state index in [9.17, 15) is 19.2 Å². The summed E-state index contributed by atoms with van der Waals surface area (Å²) in [5, 5.41) is 34.7. The van der Waals surface area contributed by atoms with E-state index in [4.69, 9.17) is 25.2 Å². The molecular formula is C21H31N3O9. The van der Waals surface area contributed by atoms with E-state index in [1.807, 2.05) is 0 Å². The van der Waals surface area contributed by atoms with Crippen LogP contribution in [0.15, 0.2) is 30.6 Å². The van der Waals surface area contributed by atoms with Crippen LogP contribution in [0.25, 0.3) is 0 Å². The van der Waals surface area contributed by atoms with E-state index in [0.717, 1.165) is 37.7 Å². The number of H-pyrrole nitrogens is 1. The first-order chi connectivity index (χ1) is 15.6. The molecule has 2 rings (SSSR count). The smallest absolute Gasteiger partial charge is 0.328 e. The lowest BCUT2D eigenvalue weighted by molar-refractivity contribution is -0.134. The normalized spacial score (nSPS) is 15.5.